The molecule has 0 bridgehead atoms. The van der Waals surface area contributed by atoms with E-state index in [-0.39, 0.29) is 0 Å². The predicted octanol–water partition coefficient (Wildman–Crippen LogP) is 4.27. The SMILES string of the molecule is CCCOc1ccc(C(C)CCC(C)N)c(CC)c1. The van der Waals surface area contributed by atoms with Crippen LogP contribution in [0.2, 0.25) is 0 Å². The van der Waals surface area contributed by atoms with E-state index in [9.17, 15) is 0 Å². The highest BCUT2D eigenvalue weighted by atomic mass is 16.5. The minimum Gasteiger partial charge on any atom is -0.494 e. The first kappa shape index (κ1) is 16.0. The van der Waals surface area contributed by atoms with Crippen LogP contribution < -0.4 is 10.5 Å². The predicted molar refractivity (Wildman–Crippen MR) is 82.9 cm³/mol. The van der Waals surface area contributed by atoms with Crippen molar-refractivity contribution in [3.63, 3.8) is 0 Å². The lowest BCUT2D eigenvalue weighted by Gasteiger charge is -2.18. The molecule has 0 amide bonds. The molecule has 1 aromatic carbocycles. The van der Waals surface area contributed by atoms with E-state index in [1.165, 1.54) is 11.1 Å². The summed E-state index contributed by atoms with van der Waals surface area (Å²) in [4.78, 5) is 0. The van der Waals surface area contributed by atoms with Crippen LogP contribution in [0, 0.1) is 0 Å². The second-order valence-corrected chi connectivity index (χ2v) is 5.52. The Balaban J connectivity index is 2.76. The highest BCUT2D eigenvalue weighted by molar-refractivity contribution is 5.37. The van der Waals surface area contributed by atoms with Gasteiger partial charge in [-0.25, -0.2) is 0 Å². The Morgan fingerprint density at radius 2 is 1.89 bits per heavy atom. The third kappa shape index (κ3) is 5.23. The van der Waals surface area contributed by atoms with Crippen LogP contribution >= 0.6 is 0 Å². The Morgan fingerprint density at radius 3 is 2.47 bits per heavy atom. The van der Waals surface area contributed by atoms with Gasteiger partial charge in [0.05, 0.1) is 6.61 Å². The monoisotopic (exact) mass is 263 g/mol. The fraction of sp³-hybridized carbons (Fsp3) is 0.647. The van der Waals surface area contributed by atoms with Gasteiger partial charge in [0.25, 0.3) is 0 Å². The van der Waals surface area contributed by atoms with Gasteiger partial charge in [-0.3, -0.25) is 0 Å². The van der Waals surface area contributed by atoms with Crippen LogP contribution in [0.3, 0.4) is 0 Å². The fourth-order valence-corrected chi connectivity index (χ4v) is 2.35. The van der Waals surface area contributed by atoms with Gasteiger partial charge in [-0.1, -0.05) is 26.8 Å². The van der Waals surface area contributed by atoms with Gasteiger partial charge in [-0.2, -0.15) is 0 Å². The Hall–Kier alpha value is -1.02. The van der Waals surface area contributed by atoms with E-state index >= 15 is 0 Å². The number of hydrogen-bond donors (Lipinski definition) is 1. The Morgan fingerprint density at radius 1 is 1.16 bits per heavy atom. The van der Waals surface area contributed by atoms with Crippen LogP contribution in [0.5, 0.6) is 5.75 Å². The molecule has 0 radical (unpaired) electrons. The van der Waals surface area contributed by atoms with Gasteiger partial charge in [0, 0.05) is 6.04 Å². The van der Waals surface area contributed by atoms with Crippen molar-refractivity contribution < 1.29 is 4.74 Å². The molecule has 0 aliphatic carbocycles. The molecule has 2 nitrogen and oxygen atoms in total. The third-order valence-electron chi connectivity index (χ3n) is 3.55. The van der Waals surface area contributed by atoms with Gasteiger partial charge in [0.2, 0.25) is 0 Å². The van der Waals surface area contributed by atoms with Crippen LogP contribution in [0.15, 0.2) is 18.2 Å². The molecule has 2 N–H and O–H groups in total. The summed E-state index contributed by atoms with van der Waals surface area (Å²) in [6, 6.07) is 6.83. The molecule has 108 valence electrons. The summed E-state index contributed by atoms with van der Waals surface area (Å²) in [7, 11) is 0. The fourth-order valence-electron chi connectivity index (χ4n) is 2.35. The minimum absolute atomic E-state index is 0.291. The summed E-state index contributed by atoms with van der Waals surface area (Å²) in [6.07, 6.45) is 4.34. The number of aryl methyl sites for hydroxylation is 1. The van der Waals surface area contributed by atoms with Crippen LogP contribution in [-0.2, 0) is 6.42 Å². The van der Waals surface area contributed by atoms with Gasteiger partial charge in [-0.05, 0) is 61.8 Å². The molecule has 2 heteroatoms. The van der Waals surface area contributed by atoms with Crippen LogP contribution in [-0.4, -0.2) is 12.6 Å². The molecule has 2 unspecified atom stereocenters. The van der Waals surface area contributed by atoms with Crippen molar-refractivity contribution in [2.45, 2.75) is 65.3 Å². The van der Waals surface area contributed by atoms with E-state index in [0.717, 1.165) is 38.0 Å². The molecule has 19 heavy (non-hydrogen) atoms. The molecule has 0 aliphatic rings. The second-order valence-electron chi connectivity index (χ2n) is 5.52. The highest BCUT2D eigenvalue weighted by Gasteiger charge is 2.11. The smallest absolute Gasteiger partial charge is 0.119 e. The lowest BCUT2D eigenvalue weighted by molar-refractivity contribution is 0.317. The molecule has 0 spiro atoms. The van der Waals surface area contributed by atoms with Crippen LogP contribution in [0.4, 0.5) is 0 Å². The maximum atomic E-state index is 5.85. The lowest BCUT2D eigenvalue weighted by Crippen LogP contribution is -2.15. The van der Waals surface area contributed by atoms with Crippen molar-refractivity contribution in [1.29, 1.82) is 0 Å². The zero-order valence-electron chi connectivity index (χ0n) is 12.9. The molecule has 0 fully saturated rings. The molecule has 1 rings (SSSR count). The first-order valence-corrected chi connectivity index (χ1v) is 7.59. The van der Waals surface area contributed by atoms with Crippen molar-refractivity contribution in [2.24, 2.45) is 5.73 Å². The molecule has 0 aromatic heterocycles. The van der Waals surface area contributed by atoms with Crippen molar-refractivity contribution >= 4 is 0 Å². The number of benzene rings is 1. The summed E-state index contributed by atoms with van der Waals surface area (Å²) in [5.41, 5.74) is 8.71. The molecule has 0 heterocycles. The Labute approximate surface area is 118 Å². The summed E-state index contributed by atoms with van der Waals surface area (Å²) < 4.78 is 5.71. The van der Waals surface area contributed by atoms with Crippen molar-refractivity contribution in [3.8, 4) is 5.75 Å². The first-order valence-electron chi connectivity index (χ1n) is 7.59. The summed E-state index contributed by atoms with van der Waals surface area (Å²) in [6.45, 7) is 9.51. The van der Waals surface area contributed by atoms with E-state index < -0.39 is 0 Å². The number of rotatable bonds is 8. The first-order chi connectivity index (χ1) is 9.08. The number of hydrogen-bond acceptors (Lipinski definition) is 2. The highest BCUT2D eigenvalue weighted by Crippen LogP contribution is 2.28. The quantitative estimate of drug-likeness (QED) is 0.760. The van der Waals surface area contributed by atoms with Gasteiger partial charge < -0.3 is 10.5 Å². The van der Waals surface area contributed by atoms with Gasteiger partial charge in [-0.15, -0.1) is 0 Å². The van der Waals surface area contributed by atoms with Crippen molar-refractivity contribution in [1.82, 2.24) is 0 Å². The van der Waals surface area contributed by atoms with E-state index in [1.54, 1.807) is 0 Å². The summed E-state index contributed by atoms with van der Waals surface area (Å²) >= 11 is 0. The van der Waals surface area contributed by atoms with E-state index in [0.29, 0.717) is 12.0 Å². The second kappa shape index (κ2) is 8.21. The van der Waals surface area contributed by atoms with Crippen molar-refractivity contribution in [2.75, 3.05) is 6.61 Å². The van der Waals surface area contributed by atoms with Crippen LogP contribution in [0.25, 0.3) is 0 Å². The molecule has 1 aromatic rings. The number of nitrogens with two attached hydrogens (primary N) is 1. The molecular weight excluding hydrogens is 234 g/mol. The third-order valence-corrected chi connectivity index (χ3v) is 3.55. The summed E-state index contributed by atoms with van der Waals surface area (Å²) in [5.74, 6) is 1.57. The van der Waals surface area contributed by atoms with Gasteiger partial charge in [0.15, 0.2) is 0 Å². The molecule has 0 saturated heterocycles. The van der Waals surface area contributed by atoms with E-state index in [4.69, 9.17) is 10.5 Å². The van der Waals surface area contributed by atoms with Gasteiger partial charge in [0.1, 0.15) is 5.75 Å². The van der Waals surface area contributed by atoms with E-state index in [1.807, 2.05) is 0 Å². The molecule has 0 saturated carbocycles. The normalized spacial score (nSPS) is 14.2. The average Bonchev–Trinajstić information content (AvgIpc) is 2.42. The maximum absolute atomic E-state index is 5.85. The van der Waals surface area contributed by atoms with Gasteiger partial charge >= 0.3 is 0 Å². The maximum Gasteiger partial charge on any atom is 0.119 e. The molecule has 0 aliphatic heterocycles. The molecular formula is C17H29NO. The lowest BCUT2D eigenvalue weighted by atomic mass is 9.90. The summed E-state index contributed by atoms with van der Waals surface area (Å²) in [5, 5.41) is 0. The van der Waals surface area contributed by atoms with E-state index in [2.05, 4.69) is 45.9 Å². The van der Waals surface area contributed by atoms with Crippen LogP contribution in [0.1, 0.15) is 64.0 Å². The Bertz CT molecular complexity index is 374. The standard InChI is InChI=1S/C17H29NO/c1-5-11-19-16-9-10-17(15(6-2)12-16)13(3)7-8-14(4)18/h9-10,12-14H,5-8,11,18H2,1-4H3. The largest absolute Gasteiger partial charge is 0.494 e. The van der Waals surface area contributed by atoms with Crippen molar-refractivity contribution in [3.05, 3.63) is 29.3 Å². The zero-order chi connectivity index (χ0) is 14.3. The average molecular weight is 263 g/mol. The minimum atomic E-state index is 0.291. The zero-order valence-corrected chi connectivity index (χ0v) is 12.9. The molecule has 2 atom stereocenters. The Kier molecular flexibility index (Phi) is 6.93. The topological polar surface area (TPSA) is 35.2 Å². The number of ether oxygens (including phenoxy) is 1.